The molecular weight excluding hydrogens is 136 g/mol. The van der Waals surface area contributed by atoms with E-state index in [2.05, 4.69) is 32.0 Å². The molecule has 0 aliphatic carbocycles. The van der Waals surface area contributed by atoms with Crippen LogP contribution in [0, 0.1) is 13.8 Å². The molecule has 0 N–H and O–H groups in total. The number of hydrogen-bond donors (Lipinski definition) is 0. The van der Waals surface area contributed by atoms with Crippen LogP contribution in [0.25, 0.3) is 0 Å². The SMILES string of the molecule is Cc1ccc([C@H]2CO2)c(C)c1. The van der Waals surface area contributed by atoms with Crippen LogP contribution in [0.3, 0.4) is 0 Å². The van der Waals surface area contributed by atoms with E-state index in [1.165, 1.54) is 16.7 Å². The molecule has 1 heterocycles. The smallest absolute Gasteiger partial charge is 0.106 e. The molecule has 2 rings (SSSR count). The van der Waals surface area contributed by atoms with Crippen molar-refractivity contribution >= 4 is 0 Å². The van der Waals surface area contributed by atoms with E-state index in [0.29, 0.717) is 6.10 Å². The summed E-state index contributed by atoms with van der Waals surface area (Å²) in [6.45, 7) is 5.17. The highest BCUT2D eigenvalue weighted by molar-refractivity contribution is 5.33. The molecule has 1 atom stereocenters. The lowest BCUT2D eigenvalue weighted by Crippen LogP contribution is -1.86. The summed E-state index contributed by atoms with van der Waals surface area (Å²) >= 11 is 0. The second kappa shape index (κ2) is 2.35. The number of epoxide rings is 1. The highest BCUT2D eigenvalue weighted by Crippen LogP contribution is 2.32. The maximum absolute atomic E-state index is 5.22. The Morgan fingerprint density at radius 3 is 2.64 bits per heavy atom. The summed E-state index contributed by atoms with van der Waals surface area (Å²) in [7, 11) is 0. The molecule has 0 radical (unpaired) electrons. The Kier molecular flexibility index (Phi) is 1.46. The first-order valence-corrected chi connectivity index (χ1v) is 3.96. The molecule has 11 heavy (non-hydrogen) atoms. The zero-order chi connectivity index (χ0) is 7.84. The van der Waals surface area contributed by atoms with Gasteiger partial charge in [0.1, 0.15) is 6.10 Å². The lowest BCUT2D eigenvalue weighted by molar-refractivity contribution is 0.415. The van der Waals surface area contributed by atoms with E-state index in [1.54, 1.807) is 0 Å². The zero-order valence-electron chi connectivity index (χ0n) is 6.92. The van der Waals surface area contributed by atoms with Crippen molar-refractivity contribution in [2.75, 3.05) is 6.61 Å². The third-order valence-corrected chi connectivity index (χ3v) is 2.11. The Labute approximate surface area is 67.0 Å². The molecule has 1 aliphatic rings. The second-order valence-corrected chi connectivity index (χ2v) is 3.18. The van der Waals surface area contributed by atoms with Crippen molar-refractivity contribution in [3.05, 3.63) is 34.9 Å². The van der Waals surface area contributed by atoms with E-state index in [0.717, 1.165) is 6.61 Å². The number of ether oxygens (including phenoxy) is 1. The summed E-state index contributed by atoms with van der Waals surface area (Å²) in [4.78, 5) is 0. The van der Waals surface area contributed by atoms with Gasteiger partial charge in [-0.2, -0.15) is 0 Å². The molecule has 1 aromatic rings. The molecule has 0 saturated carbocycles. The van der Waals surface area contributed by atoms with Crippen LogP contribution >= 0.6 is 0 Å². The van der Waals surface area contributed by atoms with Gasteiger partial charge in [0.25, 0.3) is 0 Å². The highest BCUT2D eigenvalue weighted by Gasteiger charge is 2.25. The van der Waals surface area contributed by atoms with Gasteiger partial charge in [-0.15, -0.1) is 0 Å². The summed E-state index contributed by atoms with van der Waals surface area (Å²) in [6, 6.07) is 6.52. The third kappa shape index (κ3) is 1.29. The van der Waals surface area contributed by atoms with Gasteiger partial charge < -0.3 is 4.74 Å². The molecule has 1 fully saturated rings. The molecule has 0 spiro atoms. The van der Waals surface area contributed by atoms with Gasteiger partial charge in [0, 0.05) is 0 Å². The molecule has 1 nitrogen and oxygen atoms in total. The van der Waals surface area contributed by atoms with Crippen LogP contribution in [-0.2, 0) is 4.74 Å². The number of hydrogen-bond acceptors (Lipinski definition) is 1. The number of rotatable bonds is 1. The average molecular weight is 148 g/mol. The zero-order valence-corrected chi connectivity index (χ0v) is 6.92. The van der Waals surface area contributed by atoms with Crippen molar-refractivity contribution < 1.29 is 4.74 Å². The van der Waals surface area contributed by atoms with Crippen molar-refractivity contribution in [1.82, 2.24) is 0 Å². The van der Waals surface area contributed by atoms with E-state index in [9.17, 15) is 0 Å². The first-order valence-electron chi connectivity index (χ1n) is 3.96. The molecule has 1 heteroatoms. The average Bonchev–Trinajstić information content (AvgIpc) is 2.70. The maximum Gasteiger partial charge on any atom is 0.106 e. The van der Waals surface area contributed by atoms with Crippen molar-refractivity contribution in [2.24, 2.45) is 0 Å². The number of aryl methyl sites for hydroxylation is 2. The van der Waals surface area contributed by atoms with Gasteiger partial charge in [-0.1, -0.05) is 23.8 Å². The van der Waals surface area contributed by atoms with Gasteiger partial charge >= 0.3 is 0 Å². The van der Waals surface area contributed by atoms with Gasteiger partial charge in [-0.25, -0.2) is 0 Å². The number of benzene rings is 1. The lowest BCUT2D eigenvalue weighted by atomic mass is 10.0. The Morgan fingerprint density at radius 2 is 2.09 bits per heavy atom. The summed E-state index contributed by atoms with van der Waals surface area (Å²) < 4.78 is 5.22. The van der Waals surface area contributed by atoms with Crippen LogP contribution in [0.15, 0.2) is 18.2 Å². The van der Waals surface area contributed by atoms with Crippen LogP contribution in [0.4, 0.5) is 0 Å². The Bertz CT molecular complexity index is 274. The minimum Gasteiger partial charge on any atom is -0.368 e. The van der Waals surface area contributed by atoms with Gasteiger partial charge in [-0.05, 0) is 25.0 Å². The largest absolute Gasteiger partial charge is 0.368 e. The summed E-state index contributed by atoms with van der Waals surface area (Å²) in [5.74, 6) is 0. The molecule has 1 aliphatic heterocycles. The summed E-state index contributed by atoms with van der Waals surface area (Å²) in [5.41, 5.74) is 4.04. The van der Waals surface area contributed by atoms with Gasteiger partial charge in [0.05, 0.1) is 6.61 Å². The molecule has 0 unspecified atom stereocenters. The maximum atomic E-state index is 5.22. The summed E-state index contributed by atoms with van der Waals surface area (Å²) in [5, 5.41) is 0. The van der Waals surface area contributed by atoms with E-state index in [-0.39, 0.29) is 0 Å². The normalized spacial score (nSPS) is 21.8. The monoisotopic (exact) mass is 148 g/mol. The summed E-state index contributed by atoms with van der Waals surface area (Å²) in [6.07, 6.45) is 0.399. The van der Waals surface area contributed by atoms with Gasteiger partial charge in [0.15, 0.2) is 0 Å². The van der Waals surface area contributed by atoms with Crippen molar-refractivity contribution in [3.8, 4) is 0 Å². The van der Waals surface area contributed by atoms with Crippen LogP contribution in [0.1, 0.15) is 22.8 Å². The minimum absolute atomic E-state index is 0.399. The molecule has 0 bridgehead atoms. The lowest BCUT2D eigenvalue weighted by Gasteiger charge is -2.01. The first kappa shape index (κ1) is 6.86. The standard InChI is InChI=1S/C10H12O/c1-7-3-4-9(8(2)5-7)10-6-11-10/h3-5,10H,6H2,1-2H3/t10-/m1/s1. The van der Waals surface area contributed by atoms with Gasteiger partial charge in [0.2, 0.25) is 0 Å². The Morgan fingerprint density at radius 1 is 1.36 bits per heavy atom. The topological polar surface area (TPSA) is 12.5 Å². The van der Waals surface area contributed by atoms with E-state index >= 15 is 0 Å². The molecular formula is C10H12O. The fraction of sp³-hybridized carbons (Fsp3) is 0.400. The van der Waals surface area contributed by atoms with Crippen LogP contribution in [0.2, 0.25) is 0 Å². The fourth-order valence-corrected chi connectivity index (χ4v) is 1.41. The Hall–Kier alpha value is -0.820. The molecule has 1 saturated heterocycles. The van der Waals surface area contributed by atoms with Crippen LogP contribution < -0.4 is 0 Å². The second-order valence-electron chi connectivity index (χ2n) is 3.18. The van der Waals surface area contributed by atoms with Crippen molar-refractivity contribution in [1.29, 1.82) is 0 Å². The van der Waals surface area contributed by atoms with E-state index < -0.39 is 0 Å². The first-order chi connectivity index (χ1) is 5.27. The molecule has 0 aromatic heterocycles. The minimum atomic E-state index is 0.399. The van der Waals surface area contributed by atoms with Crippen LogP contribution in [0.5, 0.6) is 0 Å². The quantitative estimate of drug-likeness (QED) is 0.557. The molecule has 58 valence electrons. The molecule has 0 amide bonds. The predicted octanol–water partition coefficient (Wildman–Crippen LogP) is 2.37. The molecule has 1 aromatic carbocycles. The van der Waals surface area contributed by atoms with E-state index in [1.807, 2.05) is 0 Å². The third-order valence-electron chi connectivity index (χ3n) is 2.11. The van der Waals surface area contributed by atoms with Gasteiger partial charge in [-0.3, -0.25) is 0 Å². The Balaban J connectivity index is 2.39. The van der Waals surface area contributed by atoms with Crippen molar-refractivity contribution in [3.63, 3.8) is 0 Å². The van der Waals surface area contributed by atoms with Crippen LogP contribution in [-0.4, -0.2) is 6.61 Å². The highest BCUT2D eigenvalue weighted by atomic mass is 16.6. The predicted molar refractivity (Wildman–Crippen MR) is 44.6 cm³/mol. The fourth-order valence-electron chi connectivity index (χ4n) is 1.41. The van der Waals surface area contributed by atoms with Crippen molar-refractivity contribution in [2.45, 2.75) is 20.0 Å². The van der Waals surface area contributed by atoms with E-state index in [4.69, 9.17) is 4.74 Å².